The molecule has 0 aromatic rings. The molecule has 0 heterocycles. The maximum atomic E-state index is 11.8. The summed E-state index contributed by atoms with van der Waals surface area (Å²) in [5.74, 6) is -2.06. The van der Waals surface area contributed by atoms with Crippen LogP contribution in [-0.4, -0.2) is 25.7 Å². The highest BCUT2D eigenvalue weighted by atomic mass is 16.5. The molecule has 0 aromatic heterocycles. The molecule has 0 N–H and O–H groups in total. The van der Waals surface area contributed by atoms with Crippen molar-refractivity contribution >= 4 is 11.9 Å². The molecule has 0 bridgehead atoms. The predicted molar refractivity (Wildman–Crippen MR) is 74.6 cm³/mol. The number of unbranched alkanes of at least 4 members (excludes halogenated alkanes) is 3. The molecule has 0 aliphatic rings. The van der Waals surface area contributed by atoms with E-state index >= 15 is 0 Å². The zero-order valence-corrected chi connectivity index (χ0v) is 12.5. The maximum absolute atomic E-state index is 11.8. The van der Waals surface area contributed by atoms with Gasteiger partial charge in [0, 0.05) is 12.0 Å². The lowest BCUT2D eigenvalue weighted by atomic mass is 9.99. The van der Waals surface area contributed by atoms with Crippen molar-refractivity contribution in [1.29, 1.82) is 5.26 Å². The van der Waals surface area contributed by atoms with E-state index in [2.05, 4.69) is 11.7 Å². The van der Waals surface area contributed by atoms with Gasteiger partial charge in [-0.1, -0.05) is 25.8 Å². The van der Waals surface area contributed by atoms with Crippen molar-refractivity contribution in [3.8, 4) is 6.07 Å². The van der Waals surface area contributed by atoms with E-state index in [1.54, 1.807) is 13.0 Å². The van der Waals surface area contributed by atoms with Crippen molar-refractivity contribution in [2.75, 3.05) is 13.7 Å². The third kappa shape index (κ3) is 6.93. The number of carbonyl (C=O) groups excluding carboxylic acids is 2. The number of rotatable bonds is 9. The first-order valence-electron chi connectivity index (χ1n) is 6.94. The second kappa shape index (κ2) is 11.0. The van der Waals surface area contributed by atoms with Crippen LogP contribution in [0.2, 0.25) is 0 Å². The number of hydrogen-bond donors (Lipinski definition) is 0. The van der Waals surface area contributed by atoms with E-state index in [4.69, 9.17) is 10.00 Å². The molecular weight excluding hydrogens is 258 g/mol. The summed E-state index contributed by atoms with van der Waals surface area (Å²) in [5, 5.41) is 8.97. The average molecular weight is 281 g/mol. The summed E-state index contributed by atoms with van der Waals surface area (Å²) < 4.78 is 9.50. The summed E-state index contributed by atoms with van der Waals surface area (Å²) in [7, 11) is 1.22. The average Bonchev–Trinajstić information content (AvgIpc) is 2.46. The van der Waals surface area contributed by atoms with Gasteiger partial charge in [0.25, 0.3) is 0 Å². The Labute approximate surface area is 120 Å². The highest BCUT2D eigenvalue weighted by molar-refractivity contribution is 5.89. The Morgan fingerprint density at radius 1 is 1.30 bits per heavy atom. The molecule has 112 valence electrons. The first-order chi connectivity index (χ1) is 9.60. The van der Waals surface area contributed by atoms with Gasteiger partial charge in [-0.25, -0.2) is 4.79 Å². The molecular formula is C15H23NO4. The van der Waals surface area contributed by atoms with E-state index in [1.165, 1.54) is 7.11 Å². The fourth-order valence-corrected chi connectivity index (χ4v) is 1.69. The van der Waals surface area contributed by atoms with Crippen LogP contribution in [0.25, 0.3) is 0 Å². The number of allylic oxidation sites excluding steroid dienone is 1. The number of methoxy groups -OCH3 is 1. The highest BCUT2D eigenvalue weighted by Gasteiger charge is 2.23. The quantitative estimate of drug-likeness (QED) is 0.369. The van der Waals surface area contributed by atoms with Crippen LogP contribution in [0.3, 0.4) is 0 Å². The predicted octanol–water partition coefficient (Wildman–Crippen LogP) is 2.76. The lowest BCUT2D eigenvalue weighted by Crippen LogP contribution is -2.18. The van der Waals surface area contributed by atoms with Crippen molar-refractivity contribution < 1.29 is 19.1 Å². The Kier molecular flexibility index (Phi) is 10.0. The summed E-state index contributed by atoms with van der Waals surface area (Å²) in [5.41, 5.74) is 0.375. The molecule has 1 unspecified atom stereocenters. The van der Waals surface area contributed by atoms with Crippen LogP contribution in [-0.2, 0) is 19.1 Å². The maximum Gasteiger partial charge on any atom is 0.333 e. The number of carbonyl (C=O) groups is 2. The molecule has 0 spiro atoms. The van der Waals surface area contributed by atoms with Gasteiger partial charge in [0.15, 0.2) is 0 Å². The molecule has 0 aromatic carbocycles. The molecule has 0 radical (unpaired) electrons. The van der Waals surface area contributed by atoms with Crippen LogP contribution in [0.1, 0.15) is 46.0 Å². The number of ether oxygens (including phenoxy) is 2. The molecule has 0 saturated carbocycles. The number of esters is 2. The van der Waals surface area contributed by atoms with Gasteiger partial charge in [0.1, 0.15) is 5.92 Å². The summed E-state index contributed by atoms with van der Waals surface area (Å²) in [4.78, 5) is 23.2. The van der Waals surface area contributed by atoms with Gasteiger partial charge in [-0.2, -0.15) is 5.26 Å². The molecule has 5 heteroatoms. The van der Waals surface area contributed by atoms with Crippen molar-refractivity contribution in [1.82, 2.24) is 0 Å². The Morgan fingerprint density at radius 3 is 2.50 bits per heavy atom. The largest absolute Gasteiger partial charge is 0.468 e. The fraction of sp³-hybridized carbons (Fsp3) is 0.667. The molecule has 5 nitrogen and oxygen atoms in total. The number of nitrogens with zero attached hydrogens (tertiary/aromatic N) is 1. The topological polar surface area (TPSA) is 76.4 Å². The van der Waals surface area contributed by atoms with Crippen molar-refractivity contribution in [2.45, 2.75) is 46.0 Å². The van der Waals surface area contributed by atoms with Gasteiger partial charge >= 0.3 is 11.9 Å². The van der Waals surface area contributed by atoms with Crippen molar-refractivity contribution in [3.05, 3.63) is 11.6 Å². The van der Waals surface area contributed by atoms with E-state index in [9.17, 15) is 9.59 Å². The first kappa shape index (κ1) is 18.2. The minimum atomic E-state index is -0.971. The Hall–Kier alpha value is -1.83. The summed E-state index contributed by atoms with van der Waals surface area (Å²) in [6, 6.07) is 1.86. The second-order valence-corrected chi connectivity index (χ2v) is 4.35. The molecule has 0 saturated heterocycles. The lowest BCUT2D eigenvalue weighted by molar-refractivity contribution is -0.143. The van der Waals surface area contributed by atoms with Crippen molar-refractivity contribution in [2.24, 2.45) is 5.92 Å². The van der Waals surface area contributed by atoms with Gasteiger partial charge in [0.2, 0.25) is 0 Å². The minimum Gasteiger partial charge on any atom is -0.468 e. The SMILES string of the molecule is CCCCC/C=C(\CC(C#N)C(=O)OC)C(=O)OCC. The van der Waals surface area contributed by atoms with Crippen LogP contribution in [0, 0.1) is 17.2 Å². The number of hydrogen-bond acceptors (Lipinski definition) is 5. The van der Waals surface area contributed by atoms with Gasteiger partial charge in [0.05, 0.1) is 19.8 Å². The third-order valence-electron chi connectivity index (χ3n) is 2.80. The number of nitriles is 1. The van der Waals surface area contributed by atoms with Gasteiger partial charge in [-0.05, 0) is 19.8 Å². The minimum absolute atomic E-state index is 0.0358. The molecule has 20 heavy (non-hydrogen) atoms. The normalized spacial score (nSPS) is 12.4. The van der Waals surface area contributed by atoms with Gasteiger partial charge in [-0.15, -0.1) is 0 Å². The molecule has 0 rings (SSSR count). The van der Waals surface area contributed by atoms with E-state index < -0.39 is 17.9 Å². The first-order valence-corrected chi connectivity index (χ1v) is 6.94. The monoisotopic (exact) mass is 281 g/mol. The van der Waals surface area contributed by atoms with Crippen LogP contribution < -0.4 is 0 Å². The molecule has 0 aliphatic heterocycles. The molecule has 0 fully saturated rings. The highest BCUT2D eigenvalue weighted by Crippen LogP contribution is 2.16. The van der Waals surface area contributed by atoms with Gasteiger partial charge in [-0.3, -0.25) is 4.79 Å². The Morgan fingerprint density at radius 2 is 2.00 bits per heavy atom. The van der Waals surface area contributed by atoms with E-state index in [0.717, 1.165) is 25.7 Å². The van der Waals surface area contributed by atoms with E-state index in [1.807, 2.05) is 6.07 Å². The summed E-state index contributed by atoms with van der Waals surface area (Å²) in [6.07, 6.45) is 5.67. The van der Waals surface area contributed by atoms with E-state index in [0.29, 0.717) is 5.57 Å². The third-order valence-corrected chi connectivity index (χ3v) is 2.80. The molecule has 0 aliphatic carbocycles. The van der Waals surface area contributed by atoms with E-state index in [-0.39, 0.29) is 13.0 Å². The molecule has 1 atom stereocenters. The van der Waals surface area contributed by atoms with Crippen LogP contribution in [0.15, 0.2) is 11.6 Å². The Balaban J connectivity index is 4.79. The standard InChI is InChI=1S/C15H23NO4/c1-4-6-7-8-9-12(15(18)20-5-2)10-13(11-16)14(17)19-3/h9,13H,4-8,10H2,1-3H3/b12-9+. The summed E-state index contributed by atoms with van der Waals surface area (Å²) >= 11 is 0. The van der Waals surface area contributed by atoms with Crippen molar-refractivity contribution in [3.63, 3.8) is 0 Å². The zero-order chi connectivity index (χ0) is 15.4. The fourth-order valence-electron chi connectivity index (χ4n) is 1.69. The van der Waals surface area contributed by atoms with Crippen LogP contribution >= 0.6 is 0 Å². The van der Waals surface area contributed by atoms with Crippen LogP contribution in [0.4, 0.5) is 0 Å². The lowest BCUT2D eigenvalue weighted by Gasteiger charge is -2.10. The smallest absolute Gasteiger partial charge is 0.333 e. The zero-order valence-electron chi connectivity index (χ0n) is 12.5. The molecule has 0 amide bonds. The second-order valence-electron chi connectivity index (χ2n) is 4.35. The van der Waals surface area contributed by atoms with Gasteiger partial charge < -0.3 is 9.47 Å². The van der Waals surface area contributed by atoms with Crippen LogP contribution in [0.5, 0.6) is 0 Å². The summed E-state index contributed by atoms with van der Waals surface area (Å²) in [6.45, 7) is 4.08. The Bertz CT molecular complexity index is 382.